The van der Waals surface area contributed by atoms with Gasteiger partial charge < -0.3 is 4.42 Å². The van der Waals surface area contributed by atoms with Crippen LogP contribution in [0.25, 0.3) is 16.7 Å². The molecule has 0 saturated heterocycles. The molecule has 4 heteroatoms. The molecule has 3 aromatic heterocycles. The van der Waals surface area contributed by atoms with Crippen LogP contribution in [0, 0.1) is 6.92 Å². The molecule has 0 aromatic carbocycles. The maximum atomic E-state index is 5.68. The lowest BCUT2D eigenvalue weighted by Crippen LogP contribution is -2.30. The molecule has 0 aliphatic heterocycles. The number of rotatable bonds is 1. The van der Waals surface area contributed by atoms with Gasteiger partial charge in [-0.05, 0) is 12.1 Å². The van der Waals surface area contributed by atoms with Crippen LogP contribution in [0.15, 0.2) is 22.7 Å². The van der Waals surface area contributed by atoms with Gasteiger partial charge in [0.15, 0.2) is 16.9 Å². The molecule has 3 heterocycles. The molecule has 4 nitrogen and oxygen atoms in total. The average Bonchev–Trinajstić information content (AvgIpc) is 2.75. The summed E-state index contributed by atoms with van der Waals surface area (Å²) in [4.78, 5) is 4.35. The second-order valence-electron chi connectivity index (χ2n) is 4.03. The van der Waals surface area contributed by atoms with Crippen LogP contribution < -0.4 is 4.57 Å². The Balaban J connectivity index is 2.56. The number of oxazole rings is 1. The van der Waals surface area contributed by atoms with Gasteiger partial charge in [-0.1, -0.05) is 6.92 Å². The largest absolute Gasteiger partial charge is 0.407 e. The molecule has 0 spiro atoms. The minimum Gasteiger partial charge on any atom is -0.407 e. The van der Waals surface area contributed by atoms with E-state index in [-0.39, 0.29) is 0 Å². The smallest absolute Gasteiger partial charge is 0.322 e. The summed E-state index contributed by atoms with van der Waals surface area (Å²) in [5, 5.41) is 0. The van der Waals surface area contributed by atoms with E-state index in [4.69, 9.17) is 4.42 Å². The van der Waals surface area contributed by atoms with Crippen molar-refractivity contribution in [3.8, 4) is 0 Å². The minimum atomic E-state index is 0.709. The first-order chi connectivity index (χ1) is 7.70. The number of fused-ring (bicyclic) bond motifs is 3. The van der Waals surface area contributed by atoms with E-state index in [2.05, 4.69) is 40.2 Å². The number of hydrogen-bond acceptors (Lipinski definition) is 2. The van der Waals surface area contributed by atoms with E-state index in [1.165, 1.54) is 5.82 Å². The highest BCUT2D eigenvalue weighted by Crippen LogP contribution is 2.18. The molecule has 82 valence electrons. The van der Waals surface area contributed by atoms with E-state index in [1.807, 2.05) is 13.0 Å². The van der Waals surface area contributed by atoms with Crippen molar-refractivity contribution >= 4 is 16.7 Å². The SMILES string of the molecule is CCc1n2c(ccc3nc(C)oc32)c[n+]1C. The summed E-state index contributed by atoms with van der Waals surface area (Å²) in [6.07, 6.45) is 3.07. The van der Waals surface area contributed by atoms with Gasteiger partial charge in [0.05, 0.1) is 7.05 Å². The van der Waals surface area contributed by atoms with Crippen molar-refractivity contribution in [1.82, 2.24) is 9.38 Å². The zero-order chi connectivity index (χ0) is 11.3. The van der Waals surface area contributed by atoms with Crippen LogP contribution >= 0.6 is 0 Å². The van der Waals surface area contributed by atoms with Crippen LogP contribution in [0.3, 0.4) is 0 Å². The van der Waals surface area contributed by atoms with Gasteiger partial charge in [0, 0.05) is 13.3 Å². The Hall–Kier alpha value is -1.84. The Morgan fingerprint density at radius 3 is 3.00 bits per heavy atom. The van der Waals surface area contributed by atoms with Crippen molar-refractivity contribution < 1.29 is 8.98 Å². The molecule has 16 heavy (non-hydrogen) atoms. The van der Waals surface area contributed by atoms with Gasteiger partial charge >= 0.3 is 5.71 Å². The third-order valence-corrected chi connectivity index (χ3v) is 2.92. The Bertz CT molecular complexity index is 678. The van der Waals surface area contributed by atoms with Crippen LogP contribution in [-0.4, -0.2) is 9.38 Å². The number of nitrogens with zero attached hydrogens (tertiary/aromatic N) is 3. The monoisotopic (exact) mass is 216 g/mol. The molecule has 0 amide bonds. The summed E-state index contributed by atoms with van der Waals surface area (Å²) in [7, 11) is 2.06. The molecule has 3 aromatic rings. The van der Waals surface area contributed by atoms with E-state index in [9.17, 15) is 0 Å². The Morgan fingerprint density at radius 1 is 1.44 bits per heavy atom. The van der Waals surface area contributed by atoms with Crippen molar-refractivity contribution in [1.29, 1.82) is 0 Å². The zero-order valence-corrected chi connectivity index (χ0v) is 9.69. The van der Waals surface area contributed by atoms with Gasteiger partial charge in [0.25, 0.3) is 5.82 Å². The Morgan fingerprint density at radius 2 is 2.25 bits per heavy atom. The number of aromatic nitrogens is 3. The third-order valence-electron chi connectivity index (χ3n) is 2.92. The highest BCUT2D eigenvalue weighted by atomic mass is 16.4. The predicted octanol–water partition coefficient (Wildman–Crippen LogP) is 1.78. The fourth-order valence-electron chi connectivity index (χ4n) is 2.26. The maximum absolute atomic E-state index is 5.68. The van der Waals surface area contributed by atoms with Crippen molar-refractivity contribution in [2.24, 2.45) is 7.05 Å². The third kappa shape index (κ3) is 1.10. The normalized spacial score (nSPS) is 11.7. The lowest BCUT2D eigenvalue weighted by atomic mass is 10.4. The summed E-state index contributed by atoms with van der Waals surface area (Å²) in [5.74, 6) is 1.93. The predicted molar refractivity (Wildman–Crippen MR) is 60.3 cm³/mol. The molecular formula is C12H14N3O+. The Kier molecular flexibility index (Phi) is 1.80. The maximum Gasteiger partial charge on any atom is 0.322 e. The topological polar surface area (TPSA) is 34.3 Å². The first kappa shape index (κ1) is 9.39. The van der Waals surface area contributed by atoms with Crippen LogP contribution in [0.5, 0.6) is 0 Å². The summed E-state index contributed by atoms with van der Waals surface area (Å²) in [5.41, 5.74) is 2.89. The van der Waals surface area contributed by atoms with Crippen molar-refractivity contribution in [2.75, 3.05) is 0 Å². The summed E-state index contributed by atoms with van der Waals surface area (Å²) in [6.45, 7) is 4.02. The van der Waals surface area contributed by atoms with E-state index in [1.54, 1.807) is 0 Å². The summed E-state index contributed by atoms with van der Waals surface area (Å²) >= 11 is 0. The fourth-order valence-corrected chi connectivity index (χ4v) is 2.26. The van der Waals surface area contributed by atoms with Crippen LogP contribution in [-0.2, 0) is 13.5 Å². The molecule has 0 unspecified atom stereocenters. The molecule has 0 bridgehead atoms. The molecule has 0 aliphatic carbocycles. The van der Waals surface area contributed by atoms with Gasteiger partial charge in [-0.3, -0.25) is 0 Å². The first-order valence-corrected chi connectivity index (χ1v) is 5.47. The minimum absolute atomic E-state index is 0.709. The van der Waals surface area contributed by atoms with Crippen LogP contribution in [0.2, 0.25) is 0 Å². The lowest BCUT2D eigenvalue weighted by molar-refractivity contribution is -0.677. The number of aryl methyl sites for hydroxylation is 3. The second-order valence-corrected chi connectivity index (χ2v) is 4.03. The Labute approximate surface area is 93.1 Å². The number of imidazole rings is 1. The standard InChI is InChI=1S/C12H14N3O/c1-4-11-14(3)7-9-5-6-10-12(15(9)11)16-8(2)13-10/h5-7H,4H2,1-3H3/q+1. The quantitative estimate of drug-likeness (QED) is 0.581. The van der Waals surface area contributed by atoms with Gasteiger partial charge in [0.2, 0.25) is 0 Å². The number of pyridine rings is 1. The summed E-state index contributed by atoms with van der Waals surface area (Å²) in [6, 6.07) is 4.07. The molecule has 3 rings (SSSR count). The van der Waals surface area contributed by atoms with Gasteiger partial charge in [-0.2, -0.15) is 4.40 Å². The van der Waals surface area contributed by atoms with Crippen molar-refractivity contribution in [3.05, 3.63) is 30.0 Å². The van der Waals surface area contributed by atoms with Crippen molar-refractivity contribution in [2.45, 2.75) is 20.3 Å². The number of hydrogen-bond donors (Lipinski definition) is 0. The molecule has 0 fully saturated rings. The average molecular weight is 216 g/mol. The van der Waals surface area contributed by atoms with Crippen molar-refractivity contribution in [3.63, 3.8) is 0 Å². The summed E-state index contributed by atoms with van der Waals surface area (Å²) < 4.78 is 9.94. The van der Waals surface area contributed by atoms with Gasteiger partial charge in [-0.15, -0.1) is 0 Å². The second kappa shape index (κ2) is 3.07. The highest BCUT2D eigenvalue weighted by Gasteiger charge is 2.19. The van der Waals surface area contributed by atoms with Crippen LogP contribution in [0.4, 0.5) is 0 Å². The fraction of sp³-hybridized carbons (Fsp3) is 0.333. The van der Waals surface area contributed by atoms with Gasteiger partial charge in [-0.25, -0.2) is 9.55 Å². The van der Waals surface area contributed by atoms with E-state index in [0.717, 1.165) is 23.2 Å². The molecule has 0 saturated carbocycles. The van der Waals surface area contributed by atoms with E-state index in [0.29, 0.717) is 5.89 Å². The zero-order valence-electron chi connectivity index (χ0n) is 9.69. The lowest BCUT2D eigenvalue weighted by Gasteiger charge is -1.92. The van der Waals surface area contributed by atoms with Crippen LogP contribution in [0.1, 0.15) is 18.6 Å². The molecule has 0 N–H and O–H groups in total. The molecule has 0 atom stereocenters. The molecule has 0 radical (unpaired) electrons. The highest BCUT2D eigenvalue weighted by molar-refractivity contribution is 5.73. The first-order valence-electron chi connectivity index (χ1n) is 5.47. The molecular weight excluding hydrogens is 202 g/mol. The van der Waals surface area contributed by atoms with E-state index < -0.39 is 0 Å². The molecule has 0 aliphatic rings. The van der Waals surface area contributed by atoms with Gasteiger partial charge in [0.1, 0.15) is 6.20 Å². The van der Waals surface area contributed by atoms with E-state index >= 15 is 0 Å².